The van der Waals surface area contributed by atoms with Crippen molar-refractivity contribution < 1.29 is 0 Å². The first-order chi connectivity index (χ1) is 11.6. The second-order valence-electron chi connectivity index (χ2n) is 6.59. The fraction of sp³-hybridized carbons (Fsp3) is 0.333. The second-order valence-corrected chi connectivity index (χ2v) is 7.45. The number of nitrogens with zero attached hydrogens (tertiary/aromatic N) is 2. The van der Waals surface area contributed by atoms with Crippen LogP contribution in [0.15, 0.2) is 53.1 Å². The van der Waals surface area contributed by atoms with Crippen LogP contribution in [0.1, 0.15) is 23.6 Å². The van der Waals surface area contributed by atoms with Gasteiger partial charge in [-0.1, -0.05) is 59.3 Å². The van der Waals surface area contributed by atoms with Crippen molar-refractivity contribution in [3.05, 3.63) is 69.8 Å². The van der Waals surface area contributed by atoms with E-state index in [2.05, 4.69) is 95.1 Å². The molecule has 2 aromatic carbocycles. The Balaban J connectivity index is 2.07. The van der Waals surface area contributed by atoms with Gasteiger partial charge in [-0.05, 0) is 49.7 Å². The quantitative estimate of drug-likeness (QED) is 0.572. The van der Waals surface area contributed by atoms with Crippen LogP contribution >= 0.6 is 15.9 Å². The molecule has 0 radical (unpaired) electrons. The predicted molar refractivity (Wildman–Crippen MR) is 107 cm³/mol. The third kappa shape index (κ3) is 3.57. The number of hydrogen-bond acceptors (Lipinski definition) is 1. The summed E-state index contributed by atoms with van der Waals surface area (Å²) in [5.74, 6) is 0. The highest BCUT2D eigenvalue weighted by Gasteiger charge is 2.12. The topological polar surface area (TPSA) is 8.17 Å². The summed E-state index contributed by atoms with van der Waals surface area (Å²) in [5, 5.41) is 1.41. The third-order valence-corrected chi connectivity index (χ3v) is 5.35. The number of rotatable bonds is 6. The molecule has 0 saturated carbocycles. The minimum absolute atomic E-state index is 0.900. The molecular formula is C21H25BrN2. The van der Waals surface area contributed by atoms with Gasteiger partial charge in [0.1, 0.15) is 0 Å². The Bertz CT molecular complexity index is 833. The van der Waals surface area contributed by atoms with E-state index in [1.165, 1.54) is 32.1 Å². The van der Waals surface area contributed by atoms with Crippen LogP contribution in [0.25, 0.3) is 10.9 Å². The van der Waals surface area contributed by atoms with E-state index in [9.17, 15) is 0 Å². The zero-order chi connectivity index (χ0) is 17.1. The Morgan fingerprint density at radius 1 is 0.958 bits per heavy atom. The summed E-state index contributed by atoms with van der Waals surface area (Å²) in [7, 11) is 4.27. The Labute approximate surface area is 153 Å². The van der Waals surface area contributed by atoms with Crippen LogP contribution in [-0.4, -0.2) is 30.1 Å². The number of likely N-dealkylation sites (N-methyl/N-ethyl adjacent to an activating group) is 1. The second kappa shape index (κ2) is 7.54. The highest BCUT2D eigenvalue weighted by molar-refractivity contribution is 9.10. The Hall–Kier alpha value is -1.58. The molecule has 3 aromatic rings. The molecule has 3 rings (SSSR count). The number of para-hydroxylation sites is 1. The largest absolute Gasteiger partial charge is 0.343 e. The summed E-state index contributed by atoms with van der Waals surface area (Å²) in [5.41, 5.74) is 5.58. The molecule has 0 atom stereocenters. The monoisotopic (exact) mass is 384 g/mol. The van der Waals surface area contributed by atoms with Gasteiger partial charge in [-0.25, -0.2) is 0 Å². The van der Waals surface area contributed by atoms with E-state index in [1.54, 1.807) is 0 Å². The van der Waals surface area contributed by atoms with Crippen molar-refractivity contribution in [3.63, 3.8) is 0 Å². The van der Waals surface area contributed by atoms with Gasteiger partial charge in [0.2, 0.25) is 0 Å². The van der Waals surface area contributed by atoms with E-state index in [0.29, 0.717) is 0 Å². The maximum absolute atomic E-state index is 3.69. The predicted octanol–water partition coefficient (Wildman–Crippen LogP) is 5.12. The molecule has 3 heteroatoms. The van der Waals surface area contributed by atoms with Crippen molar-refractivity contribution in [1.29, 1.82) is 0 Å². The summed E-state index contributed by atoms with van der Waals surface area (Å²) >= 11 is 3.69. The van der Waals surface area contributed by atoms with Crippen molar-refractivity contribution in [3.8, 4) is 0 Å². The molecule has 2 nitrogen and oxygen atoms in total. The van der Waals surface area contributed by atoms with Crippen LogP contribution < -0.4 is 0 Å². The lowest BCUT2D eigenvalue weighted by Gasteiger charge is -2.10. The lowest BCUT2D eigenvalue weighted by Crippen LogP contribution is -2.14. The van der Waals surface area contributed by atoms with E-state index in [4.69, 9.17) is 0 Å². The average Bonchev–Trinajstić information content (AvgIpc) is 2.93. The molecule has 0 N–H and O–H groups in total. The van der Waals surface area contributed by atoms with Gasteiger partial charge in [-0.3, -0.25) is 0 Å². The van der Waals surface area contributed by atoms with Crippen molar-refractivity contribution >= 4 is 26.8 Å². The molecule has 0 aliphatic rings. The molecule has 0 spiro atoms. The van der Waals surface area contributed by atoms with Crippen LogP contribution in [0.3, 0.4) is 0 Å². The van der Waals surface area contributed by atoms with Crippen LogP contribution in [0.2, 0.25) is 0 Å². The van der Waals surface area contributed by atoms with E-state index in [1.807, 2.05) is 0 Å². The molecular weight excluding hydrogens is 360 g/mol. The average molecular weight is 385 g/mol. The first kappa shape index (κ1) is 17.2. The molecule has 0 amide bonds. The van der Waals surface area contributed by atoms with Crippen LogP contribution in [0.4, 0.5) is 0 Å². The summed E-state index contributed by atoms with van der Waals surface area (Å²) in [6, 6.07) is 15.2. The van der Waals surface area contributed by atoms with Gasteiger partial charge in [0.25, 0.3) is 0 Å². The Morgan fingerprint density at radius 2 is 1.71 bits per heavy atom. The number of aryl methyl sites for hydroxylation is 1. The highest BCUT2D eigenvalue weighted by Crippen LogP contribution is 2.28. The van der Waals surface area contributed by atoms with Gasteiger partial charge in [0, 0.05) is 29.1 Å². The molecule has 0 saturated heterocycles. The van der Waals surface area contributed by atoms with Crippen LogP contribution in [0, 0.1) is 0 Å². The molecule has 0 unspecified atom stereocenters. The van der Waals surface area contributed by atoms with Gasteiger partial charge in [-0.15, -0.1) is 0 Å². The molecule has 0 bridgehead atoms. The maximum Gasteiger partial charge on any atom is 0.0518 e. The molecule has 0 aliphatic heterocycles. The Morgan fingerprint density at radius 3 is 2.42 bits per heavy atom. The molecule has 0 fully saturated rings. The number of benzene rings is 2. The summed E-state index contributed by atoms with van der Waals surface area (Å²) in [6.07, 6.45) is 4.50. The number of halogens is 1. The lowest BCUT2D eigenvalue weighted by molar-refractivity contribution is 0.414. The standard InChI is InChI=1S/C21H25BrN2/c1-4-16-9-7-10-19-17(12-13-23(2)3)14-24(21(16)19)15-18-8-5-6-11-20(18)22/h5-11,14H,4,12-13,15H2,1-3H3. The normalized spacial score (nSPS) is 11.5. The lowest BCUT2D eigenvalue weighted by atomic mass is 10.1. The maximum atomic E-state index is 3.69. The van der Waals surface area contributed by atoms with Crippen molar-refractivity contribution in [2.45, 2.75) is 26.3 Å². The zero-order valence-electron chi connectivity index (χ0n) is 14.7. The fourth-order valence-electron chi connectivity index (χ4n) is 3.28. The number of fused-ring (bicyclic) bond motifs is 1. The third-order valence-electron chi connectivity index (χ3n) is 4.57. The van der Waals surface area contributed by atoms with E-state index >= 15 is 0 Å². The smallest absolute Gasteiger partial charge is 0.0518 e. The highest BCUT2D eigenvalue weighted by atomic mass is 79.9. The molecule has 24 heavy (non-hydrogen) atoms. The number of aromatic nitrogens is 1. The summed E-state index contributed by atoms with van der Waals surface area (Å²) < 4.78 is 3.61. The summed E-state index contributed by atoms with van der Waals surface area (Å²) in [4.78, 5) is 2.25. The fourth-order valence-corrected chi connectivity index (χ4v) is 3.69. The van der Waals surface area contributed by atoms with E-state index < -0.39 is 0 Å². The summed E-state index contributed by atoms with van der Waals surface area (Å²) in [6.45, 7) is 4.21. The van der Waals surface area contributed by atoms with Crippen LogP contribution in [0.5, 0.6) is 0 Å². The SMILES string of the molecule is CCc1cccc2c(CCN(C)C)cn(Cc3ccccc3Br)c12. The van der Waals surface area contributed by atoms with Gasteiger partial charge < -0.3 is 9.47 Å². The zero-order valence-corrected chi connectivity index (χ0v) is 16.3. The van der Waals surface area contributed by atoms with Gasteiger partial charge in [0.15, 0.2) is 0 Å². The van der Waals surface area contributed by atoms with Crippen molar-refractivity contribution in [2.24, 2.45) is 0 Å². The minimum atomic E-state index is 0.900. The van der Waals surface area contributed by atoms with Gasteiger partial charge >= 0.3 is 0 Å². The van der Waals surface area contributed by atoms with Crippen LogP contribution in [-0.2, 0) is 19.4 Å². The van der Waals surface area contributed by atoms with Crippen molar-refractivity contribution in [2.75, 3.05) is 20.6 Å². The first-order valence-corrected chi connectivity index (χ1v) is 9.37. The number of hydrogen-bond donors (Lipinski definition) is 0. The first-order valence-electron chi connectivity index (χ1n) is 8.58. The minimum Gasteiger partial charge on any atom is -0.343 e. The van der Waals surface area contributed by atoms with Gasteiger partial charge in [-0.2, -0.15) is 0 Å². The van der Waals surface area contributed by atoms with Crippen molar-refractivity contribution in [1.82, 2.24) is 9.47 Å². The molecule has 1 aromatic heterocycles. The molecule has 1 heterocycles. The van der Waals surface area contributed by atoms with E-state index in [-0.39, 0.29) is 0 Å². The van der Waals surface area contributed by atoms with Gasteiger partial charge in [0.05, 0.1) is 5.52 Å². The Kier molecular flexibility index (Phi) is 5.42. The molecule has 0 aliphatic carbocycles. The molecule has 126 valence electrons. The van der Waals surface area contributed by atoms with E-state index in [0.717, 1.165) is 25.9 Å².